The van der Waals surface area contributed by atoms with Crippen LogP contribution in [0, 0.1) is 0 Å². The van der Waals surface area contributed by atoms with E-state index >= 15 is 0 Å². The lowest BCUT2D eigenvalue weighted by Gasteiger charge is -2.02. The van der Waals surface area contributed by atoms with Crippen LogP contribution in [-0.2, 0) is 0 Å². The fourth-order valence-electron chi connectivity index (χ4n) is 1.30. The van der Waals surface area contributed by atoms with Gasteiger partial charge in [0.15, 0.2) is 0 Å². The van der Waals surface area contributed by atoms with E-state index in [1.165, 1.54) is 32.1 Å². The standard InChI is InChI=1S/C11H21B/c1-5-8-10(6-2)9-11(7-3)12-4/h6,9,12H,5,7-8H2,1-4H3/b10-6-,11-9+. The summed E-state index contributed by atoms with van der Waals surface area (Å²) in [6, 6.07) is 0. The predicted octanol–water partition coefficient (Wildman–Crippen LogP) is 3.51. The highest BCUT2D eigenvalue weighted by Crippen LogP contribution is 2.10. The maximum Gasteiger partial charge on any atom is 0.149 e. The molecule has 0 nitrogen and oxygen atoms in total. The Labute approximate surface area is 78.0 Å². The van der Waals surface area contributed by atoms with Crippen molar-refractivity contribution >= 4 is 7.28 Å². The zero-order valence-electron chi connectivity index (χ0n) is 8.98. The van der Waals surface area contributed by atoms with Crippen molar-refractivity contribution < 1.29 is 0 Å². The number of rotatable bonds is 5. The molecule has 12 heavy (non-hydrogen) atoms. The molecule has 0 saturated carbocycles. The second kappa shape index (κ2) is 7.21. The molecule has 0 spiro atoms. The summed E-state index contributed by atoms with van der Waals surface area (Å²) in [4.78, 5) is 0. The SMILES string of the molecule is CB/C(=C/C(=C\C)CCC)CC. The van der Waals surface area contributed by atoms with Gasteiger partial charge < -0.3 is 0 Å². The first-order valence-corrected chi connectivity index (χ1v) is 5.13. The van der Waals surface area contributed by atoms with E-state index in [0.717, 1.165) is 0 Å². The molecule has 0 fully saturated rings. The summed E-state index contributed by atoms with van der Waals surface area (Å²) >= 11 is 0. The molecule has 68 valence electrons. The monoisotopic (exact) mass is 164 g/mol. The lowest BCUT2D eigenvalue weighted by molar-refractivity contribution is 0.921. The third kappa shape index (κ3) is 4.43. The van der Waals surface area contributed by atoms with Crippen molar-refractivity contribution in [3.8, 4) is 0 Å². The fourth-order valence-corrected chi connectivity index (χ4v) is 1.30. The average molecular weight is 164 g/mol. The van der Waals surface area contributed by atoms with Gasteiger partial charge in [0, 0.05) is 0 Å². The number of hydrogen-bond donors (Lipinski definition) is 0. The van der Waals surface area contributed by atoms with Gasteiger partial charge in [0.25, 0.3) is 0 Å². The Morgan fingerprint density at radius 3 is 2.33 bits per heavy atom. The van der Waals surface area contributed by atoms with Crippen molar-refractivity contribution in [1.29, 1.82) is 0 Å². The summed E-state index contributed by atoms with van der Waals surface area (Å²) in [5.41, 5.74) is 3.06. The first-order valence-electron chi connectivity index (χ1n) is 5.13. The zero-order valence-corrected chi connectivity index (χ0v) is 8.98. The Morgan fingerprint density at radius 1 is 1.33 bits per heavy atom. The third-order valence-corrected chi connectivity index (χ3v) is 2.21. The van der Waals surface area contributed by atoms with E-state index in [1.54, 1.807) is 5.47 Å². The summed E-state index contributed by atoms with van der Waals surface area (Å²) in [5, 5.41) is 0. The van der Waals surface area contributed by atoms with E-state index in [9.17, 15) is 0 Å². The van der Waals surface area contributed by atoms with E-state index in [-0.39, 0.29) is 0 Å². The van der Waals surface area contributed by atoms with Crippen LogP contribution in [0.5, 0.6) is 0 Å². The van der Waals surface area contributed by atoms with E-state index < -0.39 is 0 Å². The van der Waals surface area contributed by atoms with Gasteiger partial charge in [-0.1, -0.05) is 44.8 Å². The van der Waals surface area contributed by atoms with Crippen LogP contribution >= 0.6 is 0 Å². The number of hydrogen-bond acceptors (Lipinski definition) is 0. The van der Waals surface area contributed by atoms with Gasteiger partial charge in [-0.25, -0.2) is 0 Å². The predicted molar refractivity (Wildman–Crippen MR) is 60.1 cm³/mol. The summed E-state index contributed by atoms with van der Waals surface area (Å²) in [6.45, 7) is 8.82. The molecule has 0 heterocycles. The van der Waals surface area contributed by atoms with Gasteiger partial charge in [0.05, 0.1) is 0 Å². The minimum atomic E-state index is 1.19. The van der Waals surface area contributed by atoms with Gasteiger partial charge in [-0.15, -0.1) is 5.47 Å². The molecule has 0 aliphatic heterocycles. The van der Waals surface area contributed by atoms with Crippen LogP contribution in [0.3, 0.4) is 0 Å². The van der Waals surface area contributed by atoms with Gasteiger partial charge in [-0.2, -0.15) is 0 Å². The van der Waals surface area contributed by atoms with Gasteiger partial charge >= 0.3 is 0 Å². The van der Waals surface area contributed by atoms with Gasteiger partial charge in [0.2, 0.25) is 0 Å². The van der Waals surface area contributed by atoms with Crippen molar-refractivity contribution in [2.24, 2.45) is 0 Å². The normalized spacial score (nSPS) is 13.3. The molecule has 0 N–H and O–H groups in total. The van der Waals surface area contributed by atoms with E-state index in [1.807, 2.05) is 0 Å². The quantitative estimate of drug-likeness (QED) is 0.430. The van der Waals surface area contributed by atoms with Crippen LogP contribution in [-0.4, -0.2) is 7.28 Å². The van der Waals surface area contributed by atoms with Crippen LogP contribution in [0.1, 0.15) is 40.0 Å². The topological polar surface area (TPSA) is 0 Å². The van der Waals surface area contributed by atoms with Crippen molar-refractivity contribution in [2.75, 3.05) is 0 Å². The maximum absolute atomic E-state index is 2.36. The fraction of sp³-hybridized carbons (Fsp3) is 0.636. The van der Waals surface area contributed by atoms with E-state index in [0.29, 0.717) is 0 Å². The van der Waals surface area contributed by atoms with Crippen LogP contribution in [0.2, 0.25) is 6.82 Å². The molecular weight excluding hydrogens is 143 g/mol. The minimum Gasteiger partial charge on any atom is -0.106 e. The van der Waals surface area contributed by atoms with Crippen LogP contribution in [0.15, 0.2) is 23.2 Å². The summed E-state index contributed by atoms with van der Waals surface area (Å²) in [6.07, 6.45) is 8.26. The highest BCUT2D eigenvalue weighted by Gasteiger charge is 1.94. The third-order valence-electron chi connectivity index (χ3n) is 2.21. The molecule has 0 rings (SSSR count). The Balaban J connectivity index is 4.23. The van der Waals surface area contributed by atoms with Crippen LogP contribution < -0.4 is 0 Å². The van der Waals surface area contributed by atoms with Crippen LogP contribution in [0.25, 0.3) is 0 Å². The maximum atomic E-state index is 2.36. The molecular formula is C11H21B. The molecule has 0 saturated heterocycles. The summed E-state index contributed by atoms with van der Waals surface area (Å²) in [7, 11) is 1.19. The van der Waals surface area contributed by atoms with Gasteiger partial charge in [-0.3, -0.25) is 0 Å². The Bertz CT molecular complexity index is 160. The van der Waals surface area contributed by atoms with Crippen molar-refractivity contribution in [3.05, 3.63) is 23.2 Å². The van der Waals surface area contributed by atoms with Gasteiger partial charge in [-0.05, 0) is 19.8 Å². The summed E-state index contributed by atoms with van der Waals surface area (Å²) < 4.78 is 0. The van der Waals surface area contributed by atoms with Crippen molar-refractivity contribution in [3.63, 3.8) is 0 Å². The molecule has 0 radical (unpaired) electrons. The van der Waals surface area contributed by atoms with Crippen LogP contribution in [0.4, 0.5) is 0 Å². The average Bonchev–Trinajstić information content (AvgIpc) is 2.12. The molecule has 0 amide bonds. The summed E-state index contributed by atoms with van der Waals surface area (Å²) in [5.74, 6) is 0. The smallest absolute Gasteiger partial charge is 0.106 e. The molecule has 0 atom stereocenters. The molecule has 0 aliphatic rings. The number of allylic oxidation sites excluding steroid dienone is 4. The highest BCUT2D eigenvalue weighted by atomic mass is 13.9. The molecule has 0 aromatic carbocycles. The van der Waals surface area contributed by atoms with Crippen molar-refractivity contribution in [2.45, 2.75) is 46.9 Å². The zero-order chi connectivity index (χ0) is 9.40. The molecule has 0 unspecified atom stereocenters. The lowest BCUT2D eigenvalue weighted by Crippen LogP contribution is -1.90. The van der Waals surface area contributed by atoms with Crippen molar-refractivity contribution in [1.82, 2.24) is 0 Å². The Hall–Kier alpha value is -0.455. The first kappa shape index (κ1) is 11.5. The Kier molecular flexibility index (Phi) is 6.93. The molecule has 0 aromatic rings. The highest BCUT2D eigenvalue weighted by molar-refractivity contribution is 6.43. The second-order valence-electron chi connectivity index (χ2n) is 3.12. The Morgan fingerprint density at radius 2 is 2.00 bits per heavy atom. The molecule has 0 bridgehead atoms. The van der Waals surface area contributed by atoms with E-state index in [2.05, 4.69) is 39.7 Å². The van der Waals surface area contributed by atoms with Gasteiger partial charge in [0.1, 0.15) is 7.28 Å². The lowest BCUT2D eigenvalue weighted by atomic mass is 9.70. The molecule has 1 heteroatoms. The largest absolute Gasteiger partial charge is 0.149 e. The molecule has 0 aromatic heterocycles. The second-order valence-corrected chi connectivity index (χ2v) is 3.12. The minimum absolute atomic E-state index is 1.19. The first-order chi connectivity index (χ1) is 5.78. The van der Waals surface area contributed by atoms with E-state index in [4.69, 9.17) is 0 Å². The molecule has 0 aliphatic carbocycles.